The molecule has 0 spiro atoms. The topological polar surface area (TPSA) is 78.4 Å². The van der Waals surface area contributed by atoms with E-state index >= 15 is 0 Å². The van der Waals surface area contributed by atoms with Gasteiger partial charge in [0, 0.05) is 12.6 Å². The van der Waals surface area contributed by atoms with Crippen LogP contribution in [0.1, 0.15) is 58.3 Å². The Bertz CT molecular complexity index is 373. The summed E-state index contributed by atoms with van der Waals surface area (Å²) in [5.41, 5.74) is 0. The van der Waals surface area contributed by atoms with Crippen molar-refractivity contribution in [2.24, 2.45) is 11.8 Å². The summed E-state index contributed by atoms with van der Waals surface area (Å²) in [6, 6.07) is 0.342. The minimum Gasteiger partial charge on any atom is -0.481 e. The molecular weight excluding hydrogens is 268 g/mol. The molecule has 4 atom stereocenters. The molecule has 21 heavy (non-hydrogen) atoms. The van der Waals surface area contributed by atoms with Gasteiger partial charge in [0.05, 0.1) is 12.0 Å². The molecule has 0 aromatic carbocycles. The number of carboxylic acid groups (broad SMARTS) is 1. The lowest BCUT2D eigenvalue weighted by molar-refractivity contribution is -0.142. The number of piperidine rings is 1. The molecule has 1 amide bonds. The van der Waals surface area contributed by atoms with Gasteiger partial charge in [0.25, 0.3) is 0 Å². The maximum Gasteiger partial charge on any atom is 0.308 e. The Labute approximate surface area is 126 Å². The molecule has 120 valence electrons. The molecule has 2 rings (SSSR count). The van der Waals surface area contributed by atoms with Gasteiger partial charge in [0.2, 0.25) is 5.91 Å². The molecule has 1 aliphatic carbocycles. The van der Waals surface area contributed by atoms with Gasteiger partial charge in [-0.3, -0.25) is 9.59 Å². The zero-order valence-electron chi connectivity index (χ0n) is 12.9. The number of rotatable bonds is 6. The number of carboxylic acids is 1. The summed E-state index contributed by atoms with van der Waals surface area (Å²) in [5, 5.41) is 15.4. The van der Waals surface area contributed by atoms with Gasteiger partial charge >= 0.3 is 5.97 Å². The van der Waals surface area contributed by atoms with Gasteiger partial charge in [-0.2, -0.15) is 0 Å². The van der Waals surface area contributed by atoms with Crippen LogP contribution in [0, 0.1) is 11.8 Å². The fraction of sp³-hybridized carbons (Fsp3) is 0.875. The molecule has 5 heteroatoms. The molecule has 4 unspecified atom stereocenters. The molecule has 0 aromatic rings. The maximum atomic E-state index is 12.2. The van der Waals surface area contributed by atoms with E-state index in [1.54, 1.807) is 0 Å². The van der Waals surface area contributed by atoms with Gasteiger partial charge in [-0.15, -0.1) is 0 Å². The Morgan fingerprint density at radius 3 is 2.71 bits per heavy atom. The van der Waals surface area contributed by atoms with E-state index in [1.807, 2.05) is 6.92 Å². The first kappa shape index (κ1) is 16.3. The van der Waals surface area contributed by atoms with E-state index in [9.17, 15) is 9.59 Å². The van der Waals surface area contributed by atoms with Gasteiger partial charge in [0.1, 0.15) is 0 Å². The smallest absolute Gasteiger partial charge is 0.308 e. The van der Waals surface area contributed by atoms with Crippen molar-refractivity contribution in [2.75, 3.05) is 6.54 Å². The zero-order chi connectivity index (χ0) is 15.2. The predicted molar refractivity (Wildman–Crippen MR) is 80.9 cm³/mol. The largest absolute Gasteiger partial charge is 0.481 e. The Morgan fingerprint density at radius 2 is 2.00 bits per heavy atom. The SMILES string of the molecule is CCCC(CNC(=O)C1CCC2CCCCC2N1)C(=O)O. The molecule has 2 fully saturated rings. The van der Waals surface area contributed by atoms with Gasteiger partial charge < -0.3 is 15.7 Å². The number of amides is 1. The third-order valence-corrected chi connectivity index (χ3v) is 4.98. The van der Waals surface area contributed by atoms with Crippen molar-refractivity contribution in [3.63, 3.8) is 0 Å². The van der Waals surface area contributed by atoms with Crippen LogP contribution in [0.3, 0.4) is 0 Å². The molecule has 1 saturated heterocycles. The minimum absolute atomic E-state index is 0.0265. The fourth-order valence-electron chi connectivity index (χ4n) is 3.71. The minimum atomic E-state index is -0.818. The van der Waals surface area contributed by atoms with Gasteiger partial charge in [0.15, 0.2) is 0 Å². The molecule has 1 aliphatic heterocycles. The van der Waals surface area contributed by atoms with Crippen LogP contribution < -0.4 is 10.6 Å². The van der Waals surface area contributed by atoms with Crippen LogP contribution in [-0.4, -0.2) is 35.6 Å². The number of hydrogen-bond donors (Lipinski definition) is 3. The first-order chi connectivity index (χ1) is 10.1. The number of fused-ring (bicyclic) bond motifs is 1. The number of carbonyl (C=O) groups excluding carboxylic acids is 1. The molecule has 5 nitrogen and oxygen atoms in total. The van der Waals surface area contributed by atoms with Crippen molar-refractivity contribution in [3.05, 3.63) is 0 Å². The fourth-order valence-corrected chi connectivity index (χ4v) is 3.71. The van der Waals surface area contributed by atoms with Crippen molar-refractivity contribution in [1.82, 2.24) is 10.6 Å². The van der Waals surface area contributed by atoms with E-state index in [2.05, 4.69) is 10.6 Å². The highest BCUT2D eigenvalue weighted by molar-refractivity contribution is 5.82. The normalized spacial score (nSPS) is 30.2. The van der Waals surface area contributed by atoms with Crippen molar-refractivity contribution in [1.29, 1.82) is 0 Å². The van der Waals surface area contributed by atoms with E-state index in [1.165, 1.54) is 25.7 Å². The van der Waals surface area contributed by atoms with Crippen molar-refractivity contribution >= 4 is 11.9 Å². The van der Waals surface area contributed by atoms with Gasteiger partial charge in [-0.25, -0.2) is 0 Å². The average molecular weight is 296 g/mol. The molecule has 1 heterocycles. The molecule has 0 bridgehead atoms. The number of hydrogen-bond acceptors (Lipinski definition) is 3. The number of carbonyl (C=O) groups is 2. The second-order valence-corrected chi connectivity index (χ2v) is 6.52. The lowest BCUT2D eigenvalue weighted by atomic mass is 9.77. The van der Waals surface area contributed by atoms with Crippen LogP contribution in [0.15, 0.2) is 0 Å². The average Bonchev–Trinajstić information content (AvgIpc) is 2.50. The monoisotopic (exact) mass is 296 g/mol. The highest BCUT2D eigenvalue weighted by atomic mass is 16.4. The van der Waals surface area contributed by atoms with E-state index in [-0.39, 0.29) is 18.5 Å². The third-order valence-electron chi connectivity index (χ3n) is 4.98. The van der Waals surface area contributed by atoms with E-state index < -0.39 is 11.9 Å². The summed E-state index contributed by atoms with van der Waals surface area (Å²) in [6.07, 6.45) is 8.44. The maximum absolute atomic E-state index is 12.2. The standard InChI is InChI=1S/C16H28N2O3/c1-2-5-12(16(20)21)10-17-15(19)14-9-8-11-6-3-4-7-13(11)18-14/h11-14,18H,2-10H2,1H3,(H,17,19)(H,20,21). The Balaban J connectivity index is 1.79. The number of aliphatic carboxylic acids is 1. The molecule has 2 aliphatic rings. The first-order valence-corrected chi connectivity index (χ1v) is 8.38. The lowest BCUT2D eigenvalue weighted by Gasteiger charge is -2.40. The van der Waals surface area contributed by atoms with E-state index in [0.717, 1.165) is 25.2 Å². The zero-order valence-corrected chi connectivity index (χ0v) is 12.9. The quantitative estimate of drug-likeness (QED) is 0.699. The van der Waals surface area contributed by atoms with E-state index in [0.29, 0.717) is 12.5 Å². The number of nitrogens with one attached hydrogen (secondary N) is 2. The van der Waals surface area contributed by atoms with Crippen LogP contribution in [-0.2, 0) is 9.59 Å². The predicted octanol–water partition coefficient (Wildman–Crippen LogP) is 1.91. The van der Waals surface area contributed by atoms with Crippen LogP contribution in [0.4, 0.5) is 0 Å². The summed E-state index contributed by atoms with van der Waals surface area (Å²) in [4.78, 5) is 23.3. The molecule has 3 N–H and O–H groups in total. The third kappa shape index (κ3) is 4.43. The second kappa shape index (κ2) is 7.78. The summed E-state index contributed by atoms with van der Waals surface area (Å²) in [7, 11) is 0. The Kier molecular flexibility index (Phi) is 6.03. The Hall–Kier alpha value is -1.10. The summed E-state index contributed by atoms with van der Waals surface area (Å²) in [6.45, 7) is 2.21. The van der Waals surface area contributed by atoms with Crippen molar-refractivity contribution < 1.29 is 14.7 Å². The highest BCUT2D eigenvalue weighted by Crippen LogP contribution is 2.32. The van der Waals surface area contributed by atoms with Gasteiger partial charge in [-0.05, 0) is 38.0 Å². The van der Waals surface area contributed by atoms with Crippen molar-refractivity contribution in [3.8, 4) is 0 Å². The van der Waals surface area contributed by atoms with Gasteiger partial charge in [-0.1, -0.05) is 26.2 Å². The van der Waals surface area contributed by atoms with Crippen LogP contribution in [0.5, 0.6) is 0 Å². The van der Waals surface area contributed by atoms with E-state index in [4.69, 9.17) is 5.11 Å². The molecule has 0 radical (unpaired) electrons. The summed E-state index contributed by atoms with van der Waals surface area (Å²) < 4.78 is 0. The van der Waals surface area contributed by atoms with Crippen molar-refractivity contribution in [2.45, 2.75) is 70.4 Å². The summed E-state index contributed by atoms with van der Waals surface area (Å²) in [5.74, 6) is -0.581. The Morgan fingerprint density at radius 1 is 1.24 bits per heavy atom. The first-order valence-electron chi connectivity index (χ1n) is 8.38. The van der Waals surface area contributed by atoms with Crippen LogP contribution in [0.25, 0.3) is 0 Å². The summed E-state index contributed by atoms with van der Waals surface area (Å²) >= 11 is 0. The molecule has 1 saturated carbocycles. The highest BCUT2D eigenvalue weighted by Gasteiger charge is 2.34. The van der Waals surface area contributed by atoms with Crippen LogP contribution >= 0.6 is 0 Å². The lowest BCUT2D eigenvalue weighted by Crippen LogP contribution is -2.55. The molecule has 0 aromatic heterocycles. The molecular formula is C16H28N2O3. The van der Waals surface area contributed by atoms with Crippen LogP contribution in [0.2, 0.25) is 0 Å². The second-order valence-electron chi connectivity index (χ2n) is 6.52.